The minimum Gasteiger partial charge on any atom is -0.318 e. The Kier molecular flexibility index (Phi) is 10.1. The van der Waals surface area contributed by atoms with Gasteiger partial charge in [0.25, 0.3) is 0 Å². The zero-order valence-electron chi connectivity index (χ0n) is 10.9. The number of rotatable bonds is 9. The van der Waals surface area contributed by atoms with E-state index in [9.17, 15) is 4.79 Å². The molecule has 16 heavy (non-hydrogen) atoms. The SMILES string of the molecule is CCCCCCCC(CC)=NOC(=O)CC. The zero-order valence-corrected chi connectivity index (χ0v) is 10.9. The fourth-order valence-corrected chi connectivity index (χ4v) is 1.40. The van der Waals surface area contributed by atoms with Crippen LogP contribution in [0.5, 0.6) is 0 Å². The highest BCUT2D eigenvalue weighted by molar-refractivity contribution is 5.84. The lowest BCUT2D eigenvalue weighted by atomic mass is 10.1. The smallest absolute Gasteiger partial charge is 0.318 e. The van der Waals surface area contributed by atoms with E-state index in [1.54, 1.807) is 6.92 Å². The third kappa shape index (κ3) is 8.45. The van der Waals surface area contributed by atoms with E-state index in [2.05, 4.69) is 12.1 Å². The van der Waals surface area contributed by atoms with Crippen molar-refractivity contribution in [3.05, 3.63) is 0 Å². The molecule has 0 unspecified atom stereocenters. The molecule has 0 N–H and O–H groups in total. The number of oxime groups is 1. The number of nitrogens with zero attached hydrogens (tertiary/aromatic N) is 1. The third-order valence-corrected chi connectivity index (χ3v) is 2.54. The van der Waals surface area contributed by atoms with Crippen molar-refractivity contribution in [1.29, 1.82) is 0 Å². The van der Waals surface area contributed by atoms with Crippen LogP contribution in [0.4, 0.5) is 0 Å². The lowest BCUT2D eigenvalue weighted by molar-refractivity contribution is -0.143. The molecular formula is C13H25NO2. The molecule has 0 aliphatic rings. The molecule has 0 radical (unpaired) electrons. The van der Waals surface area contributed by atoms with Crippen LogP contribution in [0.15, 0.2) is 5.16 Å². The Morgan fingerprint density at radius 1 is 1.00 bits per heavy atom. The van der Waals surface area contributed by atoms with Crippen LogP contribution in [0.25, 0.3) is 0 Å². The van der Waals surface area contributed by atoms with Gasteiger partial charge in [-0.25, -0.2) is 4.79 Å². The van der Waals surface area contributed by atoms with Gasteiger partial charge in [0.2, 0.25) is 0 Å². The van der Waals surface area contributed by atoms with Gasteiger partial charge in [0, 0.05) is 6.42 Å². The average Bonchev–Trinajstić information content (AvgIpc) is 2.32. The molecule has 0 spiro atoms. The van der Waals surface area contributed by atoms with E-state index in [-0.39, 0.29) is 5.97 Å². The third-order valence-electron chi connectivity index (χ3n) is 2.54. The molecule has 0 amide bonds. The second kappa shape index (κ2) is 10.7. The van der Waals surface area contributed by atoms with Crippen molar-refractivity contribution in [2.24, 2.45) is 5.16 Å². The summed E-state index contributed by atoms with van der Waals surface area (Å²) in [7, 11) is 0. The van der Waals surface area contributed by atoms with Crippen molar-refractivity contribution in [1.82, 2.24) is 0 Å². The summed E-state index contributed by atoms with van der Waals surface area (Å²) in [6.07, 6.45) is 8.47. The lowest BCUT2D eigenvalue weighted by Crippen LogP contribution is -2.02. The molecular weight excluding hydrogens is 202 g/mol. The van der Waals surface area contributed by atoms with Crippen molar-refractivity contribution in [3.8, 4) is 0 Å². The first kappa shape index (κ1) is 15.1. The largest absolute Gasteiger partial charge is 0.334 e. The summed E-state index contributed by atoms with van der Waals surface area (Å²) in [6.45, 7) is 6.03. The second-order valence-corrected chi connectivity index (χ2v) is 3.99. The molecule has 0 aliphatic heterocycles. The summed E-state index contributed by atoms with van der Waals surface area (Å²) in [5, 5.41) is 3.90. The van der Waals surface area contributed by atoms with Crippen molar-refractivity contribution in [2.75, 3.05) is 0 Å². The first-order valence-corrected chi connectivity index (χ1v) is 6.50. The Morgan fingerprint density at radius 3 is 2.25 bits per heavy atom. The molecule has 0 rings (SSSR count). The summed E-state index contributed by atoms with van der Waals surface area (Å²) in [6, 6.07) is 0. The van der Waals surface area contributed by atoms with Crippen LogP contribution >= 0.6 is 0 Å². The summed E-state index contributed by atoms with van der Waals surface area (Å²) in [5.41, 5.74) is 0.998. The predicted molar refractivity (Wildman–Crippen MR) is 67.5 cm³/mol. The molecule has 0 heterocycles. The molecule has 0 bridgehead atoms. The minimum absolute atomic E-state index is 0.253. The normalized spacial score (nSPS) is 11.6. The van der Waals surface area contributed by atoms with Crippen molar-refractivity contribution in [2.45, 2.75) is 72.1 Å². The van der Waals surface area contributed by atoms with E-state index in [1.807, 2.05) is 6.92 Å². The Balaban J connectivity index is 3.69. The van der Waals surface area contributed by atoms with Gasteiger partial charge in [0.05, 0.1) is 5.71 Å². The molecule has 0 aromatic heterocycles. The molecule has 0 saturated carbocycles. The van der Waals surface area contributed by atoms with Crippen LogP contribution in [0, 0.1) is 0 Å². The Bertz CT molecular complexity index is 212. The maximum absolute atomic E-state index is 10.9. The highest BCUT2D eigenvalue weighted by Gasteiger charge is 2.01. The Morgan fingerprint density at radius 2 is 1.69 bits per heavy atom. The maximum atomic E-state index is 10.9. The van der Waals surface area contributed by atoms with Crippen molar-refractivity contribution < 1.29 is 9.63 Å². The summed E-state index contributed by atoms with van der Waals surface area (Å²) in [4.78, 5) is 15.7. The summed E-state index contributed by atoms with van der Waals surface area (Å²) in [5.74, 6) is -0.253. The van der Waals surface area contributed by atoms with E-state index in [0.29, 0.717) is 6.42 Å². The first-order valence-electron chi connectivity index (χ1n) is 6.50. The highest BCUT2D eigenvalue weighted by Crippen LogP contribution is 2.07. The van der Waals surface area contributed by atoms with Gasteiger partial charge in [-0.2, -0.15) is 0 Å². The number of carbonyl (C=O) groups excluding carboxylic acids is 1. The van der Waals surface area contributed by atoms with Gasteiger partial charge in [-0.05, 0) is 19.3 Å². The average molecular weight is 227 g/mol. The van der Waals surface area contributed by atoms with Crippen LogP contribution < -0.4 is 0 Å². The molecule has 0 aromatic rings. The summed E-state index contributed by atoms with van der Waals surface area (Å²) < 4.78 is 0. The zero-order chi connectivity index (χ0) is 12.2. The van der Waals surface area contributed by atoms with Gasteiger partial charge in [-0.1, -0.05) is 51.6 Å². The number of unbranched alkanes of at least 4 members (excludes halogenated alkanes) is 4. The van der Waals surface area contributed by atoms with E-state index in [4.69, 9.17) is 4.84 Å². The Labute approximate surface area is 99.2 Å². The van der Waals surface area contributed by atoms with Gasteiger partial charge < -0.3 is 4.84 Å². The first-order chi connectivity index (χ1) is 7.74. The van der Waals surface area contributed by atoms with E-state index >= 15 is 0 Å². The molecule has 3 nitrogen and oxygen atoms in total. The van der Waals surface area contributed by atoms with Crippen LogP contribution in [0.2, 0.25) is 0 Å². The molecule has 0 aliphatic carbocycles. The highest BCUT2D eigenvalue weighted by atomic mass is 16.7. The number of hydrogen-bond acceptors (Lipinski definition) is 3. The van der Waals surface area contributed by atoms with Crippen LogP contribution in [0.3, 0.4) is 0 Å². The van der Waals surface area contributed by atoms with Crippen molar-refractivity contribution in [3.63, 3.8) is 0 Å². The number of hydrogen-bond donors (Lipinski definition) is 0. The standard InChI is InChI=1S/C13H25NO2/c1-4-7-8-9-10-11-12(5-2)14-16-13(15)6-3/h4-11H2,1-3H3. The van der Waals surface area contributed by atoms with E-state index < -0.39 is 0 Å². The van der Waals surface area contributed by atoms with Gasteiger partial charge in [-0.3, -0.25) is 0 Å². The fraction of sp³-hybridized carbons (Fsp3) is 0.846. The molecule has 3 heteroatoms. The predicted octanol–water partition coefficient (Wildman–Crippen LogP) is 4.07. The van der Waals surface area contributed by atoms with Crippen LogP contribution in [-0.4, -0.2) is 11.7 Å². The Hall–Kier alpha value is -0.860. The molecule has 0 aromatic carbocycles. The number of carbonyl (C=O) groups is 1. The van der Waals surface area contributed by atoms with Crippen LogP contribution in [0.1, 0.15) is 72.1 Å². The van der Waals surface area contributed by atoms with Crippen LogP contribution in [-0.2, 0) is 9.63 Å². The van der Waals surface area contributed by atoms with E-state index in [1.165, 1.54) is 25.7 Å². The summed E-state index contributed by atoms with van der Waals surface area (Å²) >= 11 is 0. The molecule has 0 atom stereocenters. The fourth-order valence-electron chi connectivity index (χ4n) is 1.40. The van der Waals surface area contributed by atoms with Gasteiger partial charge in [0.1, 0.15) is 0 Å². The van der Waals surface area contributed by atoms with Gasteiger partial charge in [0.15, 0.2) is 0 Å². The topological polar surface area (TPSA) is 38.7 Å². The molecule has 0 saturated heterocycles. The molecule has 94 valence electrons. The van der Waals surface area contributed by atoms with Gasteiger partial charge in [-0.15, -0.1) is 0 Å². The van der Waals surface area contributed by atoms with E-state index in [0.717, 1.165) is 25.0 Å². The van der Waals surface area contributed by atoms with Crippen molar-refractivity contribution >= 4 is 11.7 Å². The molecule has 0 fully saturated rings. The van der Waals surface area contributed by atoms with Gasteiger partial charge >= 0.3 is 5.97 Å². The second-order valence-electron chi connectivity index (χ2n) is 3.99. The maximum Gasteiger partial charge on any atom is 0.334 e. The minimum atomic E-state index is -0.253. The lowest BCUT2D eigenvalue weighted by Gasteiger charge is -2.03. The monoisotopic (exact) mass is 227 g/mol. The quantitative estimate of drug-likeness (QED) is 0.258.